The number of nitrogens with one attached hydrogen (secondary N) is 1. The Morgan fingerprint density at radius 2 is 1.72 bits per heavy atom. The minimum Gasteiger partial charge on any atom is -0.357 e. The molecule has 0 bridgehead atoms. The number of carbonyl (C=O) groups excluding carboxylic acids is 1. The second-order valence-corrected chi connectivity index (χ2v) is 9.15. The molecule has 1 N–H and O–H groups in total. The molecule has 146 valence electrons. The van der Waals surface area contributed by atoms with Crippen LogP contribution in [-0.4, -0.2) is 5.78 Å². The fourth-order valence-corrected chi connectivity index (χ4v) is 4.47. The molecule has 2 aliphatic rings. The lowest BCUT2D eigenvalue weighted by Gasteiger charge is -2.39. The molecule has 1 aliphatic heterocycles. The topological polar surface area (TPSA) is 52.9 Å². The number of halogens is 1. The van der Waals surface area contributed by atoms with Crippen molar-refractivity contribution in [3.8, 4) is 6.07 Å². The van der Waals surface area contributed by atoms with Crippen molar-refractivity contribution >= 4 is 23.1 Å². The lowest BCUT2D eigenvalue weighted by molar-refractivity contribution is -0.118. The highest BCUT2D eigenvalue weighted by atomic mass is 35.5. The largest absolute Gasteiger partial charge is 0.357 e. The van der Waals surface area contributed by atoms with Crippen molar-refractivity contribution in [3.05, 3.63) is 87.1 Å². The third kappa shape index (κ3) is 3.61. The van der Waals surface area contributed by atoms with Gasteiger partial charge in [-0.1, -0.05) is 67.4 Å². The number of rotatable bonds is 2. The maximum absolute atomic E-state index is 13.2. The first-order valence-electron chi connectivity index (χ1n) is 9.79. The molecule has 0 saturated heterocycles. The standard InChI is InChI=1S/C25H23ClN2O/c1-15-4-6-16(7-5-15)22-19(14-27)24(17-8-10-18(26)11-9-17)28-20-12-25(2,3)13-21(29)23(20)22/h4-11,22,28H,12-13H2,1-3H3. The van der Waals surface area contributed by atoms with Gasteiger partial charge < -0.3 is 5.32 Å². The molecule has 29 heavy (non-hydrogen) atoms. The highest BCUT2D eigenvalue weighted by molar-refractivity contribution is 6.30. The van der Waals surface area contributed by atoms with Gasteiger partial charge in [0.25, 0.3) is 0 Å². The highest BCUT2D eigenvalue weighted by Gasteiger charge is 2.41. The highest BCUT2D eigenvalue weighted by Crippen LogP contribution is 2.47. The van der Waals surface area contributed by atoms with Crippen LogP contribution in [0.2, 0.25) is 5.02 Å². The fraction of sp³-hybridized carbons (Fsp3) is 0.280. The Morgan fingerprint density at radius 1 is 1.07 bits per heavy atom. The van der Waals surface area contributed by atoms with Gasteiger partial charge >= 0.3 is 0 Å². The SMILES string of the molecule is Cc1ccc(C2C(C#N)=C(c3ccc(Cl)cc3)NC3=C2C(=O)CC(C)(C)C3)cc1. The molecule has 0 aromatic heterocycles. The second kappa shape index (κ2) is 7.21. The number of ketones is 1. The zero-order valence-corrected chi connectivity index (χ0v) is 17.6. The van der Waals surface area contributed by atoms with E-state index in [4.69, 9.17) is 11.6 Å². The molecule has 1 atom stereocenters. The maximum atomic E-state index is 13.2. The van der Waals surface area contributed by atoms with Crippen molar-refractivity contribution in [2.45, 2.75) is 39.5 Å². The van der Waals surface area contributed by atoms with Gasteiger partial charge in [0.1, 0.15) is 0 Å². The number of dihydropyridines is 1. The summed E-state index contributed by atoms with van der Waals surface area (Å²) in [7, 11) is 0. The first-order valence-corrected chi connectivity index (χ1v) is 10.2. The van der Waals surface area contributed by atoms with Gasteiger partial charge in [0.15, 0.2) is 5.78 Å². The predicted octanol–water partition coefficient (Wildman–Crippen LogP) is 5.91. The Labute approximate surface area is 176 Å². The van der Waals surface area contributed by atoms with E-state index in [1.165, 1.54) is 0 Å². The molecule has 3 nitrogen and oxygen atoms in total. The zero-order valence-electron chi connectivity index (χ0n) is 16.8. The lowest BCUT2D eigenvalue weighted by Crippen LogP contribution is -2.37. The van der Waals surface area contributed by atoms with Crippen molar-refractivity contribution in [3.63, 3.8) is 0 Å². The maximum Gasteiger partial charge on any atom is 0.162 e. The summed E-state index contributed by atoms with van der Waals surface area (Å²) in [6.45, 7) is 6.26. The normalized spacial score (nSPS) is 20.8. The predicted molar refractivity (Wildman–Crippen MR) is 116 cm³/mol. The van der Waals surface area contributed by atoms with E-state index in [9.17, 15) is 10.1 Å². The van der Waals surface area contributed by atoms with Gasteiger partial charge in [-0.3, -0.25) is 4.79 Å². The van der Waals surface area contributed by atoms with Gasteiger partial charge in [0, 0.05) is 22.7 Å². The summed E-state index contributed by atoms with van der Waals surface area (Å²) in [6.07, 6.45) is 1.26. The smallest absolute Gasteiger partial charge is 0.162 e. The fourth-order valence-electron chi connectivity index (χ4n) is 4.35. The van der Waals surface area contributed by atoms with Crippen LogP contribution >= 0.6 is 11.6 Å². The van der Waals surface area contributed by atoms with Crippen LogP contribution in [0.5, 0.6) is 0 Å². The van der Waals surface area contributed by atoms with Crippen LogP contribution < -0.4 is 5.32 Å². The molecular weight excluding hydrogens is 380 g/mol. The van der Waals surface area contributed by atoms with Gasteiger partial charge in [-0.25, -0.2) is 0 Å². The number of carbonyl (C=O) groups is 1. The van der Waals surface area contributed by atoms with Crippen LogP contribution in [-0.2, 0) is 4.79 Å². The van der Waals surface area contributed by atoms with Crippen LogP contribution in [0, 0.1) is 23.7 Å². The van der Waals surface area contributed by atoms with Crippen molar-refractivity contribution in [2.24, 2.45) is 5.41 Å². The third-order valence-electron chi connectivity index (χ3n) is 5.71. The second-order valence-electron chi connectivity index (χ2n) is 8.71. The monoisotopic (exact) mass is 402 g/mol. The minimum atomic E-state index is -0.355. The molecule has 0 amide bonds. The summed E-state index contributed by atoms with van der Waals surface area (Å²) >= 11 is 6.07. The van der Waals surface area contributed by atoms with E-state index in [0.717, 1.165) is 40.1 Å². The summed E-state index contributed by atoms with van der Waals surface area (Å²) in [5, 5.41) is 14.2. The van der Waals surface area contributed by atoms with E-state index in [0.29, 0.717) is 17.0 Å². The Morgan fingerprint density at radius 3 is 2.34 bits per heavy atom. The van der Waals surface area contributed by atoms with Gasteiger partial charge in [0.2, 0.25) is 0 Å². The van der Waals surface area contributed by atoms with Gasteiger partial charge in [-0.15, -0.1) is 0 Å². The van der Waals surface area contributed by atoms with Crippen molar-refractivity contribution in [2.75, 3.05) is 0 Å². The quantitative estimate of drug-likeness (QED) is 0.678. The van der Waals surface area contributed by atoms with E-state index in [1.54, 1.807) is 0 Å². The summed E-state index contributed by atoms with van der Waals surface area (Å²) in [4.78, 5) is 13.2. The van der Waals surface area contributed by atoms with Crippen molar-refractivity contribution in [1.82, 2.24) is 5.32 Å². The van der Waals surface area contributed by atoms with Crippen LogP contribution in [0.25, 0.3) is 5.70 Å². The Hall–Kier alpha value is -2.83. The Balaban J connectivity index is 1.94. The lowest BCUT2D eigenvalue weighted by atomic mass is 9.68. The first kappa shape index (κ1) is 19.5. The van der Waals surface area contributed by atoms with E-state index >= 15 is 0 Å². The number of benzene rings is 2. The van der Waals surface area contributed by atoms with Crippen LogP contribution in [0.3, 0.4) is 0 Å². The molecular formula is C25H23ClN2O. The first-order chi connectivity index (χ1) is 13.8. The number of hydrogen-bond acceptors (Lipinski definition) is 3. The van der Waals surface area contributed by atoms with Crippen LogP contribution in [0.4, 0.5) is 0 Å². The molecule has 0 radical (unpaired) electrons. The summed E-state index contributed by atoms with van der Waals surface area (Å²) in [5.74, 6) is -0.233. The number of aryl methyl sites for hydroxylation is 1. The van der Waals surface area contributed by atoms with Crippen molar-refractivity contribution < 1.29 is 4.79 Å². The molecule has 1 heterocycles. The van der Waals surface area contributed by atoms with E-state index < -0.39 is 0 Å². The zero-order chi connectivity index (χ0) is 20.8. The molecule has 0 spiro atoms. The Bertz CT molecular complexity index is 1080. The number of hydrogen-bond donors (Lipinski definition) is 1. The average Bonchev–Trinajstić information content (AvgIpc) is 2.67. The van der Waals surface area contributed by atoms with E-state index in [-0.39, 0.29) is 17.1 Å². The summed E-state index contributed by atoms with van der Waals surface area (Å²) < 4.78 is 0. The van der Waals surface area contributed by atoms with Crippen LogP contribution in [0.1, 0.15) is 49.3 Å². The molecule has 0 saturated carbocycles. The van der Waals surface area contributed by atoms with Gasteiger partial charge in [-0.2, -0.15) is 5.26 Å². The van der Waals surface area contributed by atoms with Gasteiger partial charge in [0.05, 0.1) is 23.3 Å². The van der Waals surface area contributed by atoms with Gasteiger partial charge in [-0.05, 0) is 42.0 Å². The summed E-state index contributed by atoms with van der Waals surface area (Å²) in [6, 6.07) is 18.0. The molecule has 1 unspecified atom stereocenters. The van der Waals surface area contributed by atoms with Crippen molar-refractivity contribution in [1.29, 1.82) is 5.26 Å². The number of nitrogens with zero attached hydrogens (tertiary/aromatic N) is 1. The molecule has 2 aromatic rings. The number of Topliss-reactive ketones (excluding diaryl/α,β-unsaturated/α-hetero) is 1. The number of nitriles is 1. The molecule has 2 aromatic carbocycles. The third-order valence-corrected chi connectivity index (χ3v) is 5.96. The average molecular weight is 403 g/mol. The van der Waals surface area contributed by atoms with E-state index in [1.807, 2.05) is 55.5 Å². The molecule has 4 heteroatoms. The Kier molecular flexibility index (Phi) is 4.84. The molecule has 0 fully saturated rings. The summed E-state index contributed by atoms with van der Waals surface area (Å²) in [5.41, 5.74) is 5.90. The number of allylic oxidation sites excluding steroid dienone is 3. The van der Waals surface area contributed by atoms with E-state index in [2.05, 4.69) is 25.2 Å². The van der Waals surface area contributed by atoms with Crippen LogP contribution in [0.15, 0.2) is 65.4 Å². The molecule has 1 aliphatic carbocycles. The minimum absolute atomic E-state index is 0.115. The molecule has 4 rings (SSSR count).